The SMILES string of the molecule is CC(C)n1nc(Cn2cccc2)c2c1CN(C(=O)C1(C)CC=CCC1)C2. The third kappa shape index (κ3) is 2.89. The molecule has 0 fully saturated rings. The first-order valence-electron chi connectivity index (χ1n) is 9.62. The van der Waals surface area contributed by atoms with Crippen molar-refractivity contribution in [1.29, 1.82) is 0 Å². The summed E-state index contributed by atoms with van der Waals surface area (Å²) >= 11 is 0. The fraction of sp³-hybridized carbons (Fsp3) is 0.524. The molecule has 2 aromatic heterocycles. The number of aromatic nitrogens is 3. The second-order valence-corrected chi connectivity index (χ2v) is 8.20. The Balaban J connectivity index is 1.61. The lowest BCUT2D eigenvalue weighted by atomic mass is 9.78. The standard InChI is InChI=1S/C21H28N4O/c1-16(2)25-19-15-24(20(26)21(3)9-5-4-6-10-21)13-17(19)18(22-25)14-23-11-7-8-12-23/h4-5,7-8,11-12,16H,6,9-10,13-15H2,1-3H3. The third-order valence-electron chi connectivity index (χ3n) is 5.78. The zero-order chi connectivity index (χ0) is 18.3. The number of hydrogen-bond donors (Lipinski definition) is 0. The minimum atomic E-state index is -0.255. The Labute approximate surface area is 155 Å². The smallest absolute Gasteiger partial charge is 0.229 e. The molecule has 138 valence electrons. The molecule has 5 nitrogen and oxygen atoms in total. The van der Waals surface area contributed by atoms with Crippen LogP contribution in [0.25, 0.3) is 0 Å². The molecule has 2 aliphatic rings. The van der Waals surface area contributed by atoms with Crippen LogP contribution in [0.2, 0.25) is 0 Å². The van der Waals surface area contributed by atoms with Crippen LogP contribution in [-0.2, 0) is 24.4 Å². The monoisotopic (exact) mass is 352 g/mol. The summed E-state index contributed by atoms with van der Waals surface area (Å²) in [5.41, 5.74) is 3.30. The molecule has 26 heavy (non-hydrogen) atoms. The van der Waals surface area contributed by atoms with Crippen molar-refractivity contribution >= 4 is 5.91 Å². The van der Waals surface area contributed by atoms with Gasteiger partial charge in [0.15, 0.2) is 0 Å². The van der Waals surface area contributed by atoms with Crippen LogP contribution in [0.1, 0.15) is 63.0 Å². The maximum absolute atomic E-state index is 13.3. The van der Waals surface area contributed by atoms with Crippen LogP contribution in [-0.4, -0.2) is 25.2 Å². The first-order valence-corrected chi connectivity index (χ1v) is 9.62. The molecule has 1 amide bonds. The van der Waals surface area contributed by atoms with Gasteiger partial charge in [-0.15, -0.1) is 0 Å². The highest BCUT2D eigenvalue weighted by molar-refractivity contribution is 5.83. The molecule has 0 saturated heterocycles. The summed E-state index contributed by atoms with van der Waals surface area (Å²) in [6, 6.07) is 4.37. The van der Waals surface area contributed by atoms with E-state index in [1.54, 1.807) is 0 Å². The van der Waals surface area contributed by atoms with Crippen molar-refractivity contribution in [3.8, 4) is 0 Å². The van der Waals surface area contributed by atoms with E-state index in [1.165, 1.54) is 11.3 Å². The van der Waals surface area contributed by atoms with Crippen molar-refractivity contribution in [3.05, 3.63) is 53.6 Å². The van der Waals surface area contributed by atoms with E-state index in [2.05, 4.69) is 54.6 Å². The summed E-state index contributed by atoms with van der Waals surface area (Å²) in [6.07, 6.45) is 11.3. The van der Waals surface area contributed by atoms with Gasteiger partial charge in [0.05, 0.1) is 29.9 Å². The third-order valence-corrected chi connectivity index (χ3v) is 5.78. The molecule has 0 aromatic carbocycles. The van der Waals surface area contributed by atoms with Crippen molar-refractivity contribution in [3.63, 3.8) is 0 Å². The molecule has 2 aromatic rings. The normalized spacial score (nSPS) is 22.2. The van der Waals surface area contributed by atoms with Gasteiger partial charge in [-0.1, -0.05) is 19.1 Å². The van der Waals surface area contributed by atoms with Crippen molar-refractivity contribution < 1.29 is 4.79 Å². The Morgan fingerprint density at radius 3 is 2.65 bits per heavy atom. The lowest BCUT2D eigenvalue weighted by Gasteiger charge is -2.33. The van der Waals surface area contributed by atoms with Gasteiger partial charge >= 0.3 is 0 Å². The summed E-state index contributed by atoms with van der Waals surface area (Å²) < 4.78 is 4.26. The number of carbonyl (C=O) groups is 1. The quantitative estimate of drug-likeness (QED) is 0.783. The van der Waals surface area contributed by atoms with Gasteiger partial charge in [-0.3, -0.25) is 9.48 Å². The molecule has 0 radical (unpaired) electrons. The minimum absolute atomic E-state index is 0.255. The summed E-state index contributed by atoms with van der Waals surface area (Å²) in [5, 5.41) is 4.88. The van der Waals surface area contributed by atoms with Gasteiger partial charge < -0.3 is 9.47 Å². The van der Waals surface area contributed by atoms with Crippen LogP contribution >= 0.6 is 0 Å². The molecule has 3 heterocycles. The van der Waals surface area contributed by atoms with Crippen LogP contribution in [0, 0.1) is 5.41 Å². The summed E-state index contributed by atoms with van der Waals surface area (Å²) in [4.78, 5) is 15.3. The van der Waals surface area contributed by atoms with Crippen LogP contribution in [0.4, 0.5) is 0 Å². The predicted octanol–water partition coefficient (Wildman–Crippen LogP) is 3.90. The van der Waals surface area contributed by atoms with Crippen molar-refractivity contribution in [2.45, 2.75) is 65.7 Å². The van der Waals surface area contributed by atoms with E-state index in [-0.39, 0.29) is 5.41 Å². The molecule has 1 atom stereocenters. The van der Waals surface area contributed by atoms with Crippen LogP contribution < -0.4 is 0 Å². The highest BCUT2D eigenvalue weighted by atomic mass is 16.2. The van der Waals surface area contributed by atoms with Gasteiger partial charge in [-0.25, -0.2) is 0 Å². The van der Waals surface area contributed by atoms with Crippen LogP contribution in [0.15, 0.2) is 36.7 Å². The number of carbonyl (C=O) groups excluding carboxylic acids is 1. The highest BCUT2D eigenvalue weighted by Crippen LogP contribution is 2.38. The number of rotatable bonds is 4. The van der Waals surface area contributed by atoms with E-state index in [0.29, 0.717) is 25.0 Å². The van der Waals surface area contributed by atoms with Crippen molar-refractivity contribution in [2.75, 3.05) is 0 Å². The fourth-order valence-electron chi connectivity index (χ4n) is 4.22. The Hall–Kier alpha value is -2.30. The van der Waals surface area contributed by atoms with Crippen LogP contribution in [0.3, 0.4) is 0 Å². The van der Waals surface area contributed by atoms with Crippen molar-refractivity contribution in [2.24, 2.45) is 5.41 Å². The molecule has 5 heteroatoms. The zero-order valence-electron chi connectivity index (χ0n) is 16.0. The molecule has 1 aliphatic heterocycles. The van der Waals surface area contributed by atoms with Crippen LogP contribution in [0.5, 0.6) is 0 Å². The summed E-state index contributed by atoms with van der Waals surface area (Å²) in [7, 11) is 0. The molecule has 0 N–H and O–H groups in total. The highest BCUT2D eigenvalue weighted by Gasteiger charge is 2.40. The Bertz CT molecular complexity index is 831. The summed E-state index contributed by atoms with van der Waals surface area (Å²) in [5.74, 6) is 0.292. The Morgan fingerprint density at radius 2 is 2.00 bits per heavy atom. The van der Waals surface area contributed by atoms with E-state index in [4.69, 9.17) is 5.10 Å². The van der Waals surface area contributed by atoms with Gasteiger partial charge in [-0.05, 0) is 45.2 Å². The van der Waals surface area contributed by atoms with E-state index in [0.717, 1.165) is 31.5 Å². The molecule has 0 saturated carbocycles. The van der Waals surface area contributed by atoms with Gasteiger partial charge in [0.1, 0.15) is 0 Å². The average Bonchev–Trinajstić information content (AvgIpc) is 3.33. The van der Waals surface area contributed by atoms with E-state index >= 15 is 0 Å². The molecule has 0 bridgehead atoms. The molecule has 1 unspecified atom stereocenters. The second-order valence-electron chi connectivity index (χ2n) is 8.20. The fourth-order valence-corrected chi connectivity index (χ4v) is 4.22. The maximum atomic E-state index is 13.3. The van der Waals surface area contributed by atoms with E-state index < -0.39 is 0 Å². The lowest BCUT2D eigenvalue weighted by molar-refractivity contribution is -0.142. The maximum Gasteiger partial charge on any atom is 0.229 e. The zero-order valence-corrected chi connectivity index (χ0v) is 16.0. The Morgan fingerprint density at radius 1 is 1.23 bits per heavy atom. The van der Waals surface area contributed by atoms with Gasteiger partial charge in [0, 0.05) is 30.5 Å². The number of hydrogen-bond acceptors (Lipinski definition) is 2. The molecule has 4 rings (SSSR count). The first-order chi connectivity index (χ1) is 12.5. The molecule has 0 spiro atoms. The lowest BCUT2D eigenvalue weighted by Crippen LogP contribution is -2.40. The first kappa shape index (κ1) is 17.1. The molecular formula is C21H28N4O. The number of nitrogens with zero attached hydrogens (tertiary/aromatic N) is 4. The second kappa shape index (κ2) is 6.45. The minimum Gasteiger partial charge on any atom is -0.348 e. The average molecular weight is 352 g/mol. The van der Waals surface area contributed by atoms with E-state index in [1.807, 2.05) is 17.0 Å². The number of amides is 1. The number of allylic oxidation sites excluding steroid dienone is 2. The largest absolute Gasteiger partial charge is 0.348 e. The molecule has 1 aliphatic carbocycles. The predicted molar refractivity (Wildman–Crippen MR) is 101 cm³/mol. The van der Waals surface area contributed by atoms with E-state index in [9.17, 15) is 4.79 Å². The van der Waals surface area contributed by atoms with Gasteiger partial charge in [0.2, 0.25) is 5.91 Å². The number of fused-ring (bicyclic) bond motifs is 1. The molecular weight excluding hydrogens is 324 g/mol. The summed E-state index contributed by atoms with van der Waals surface area (Å²) in [6.45, 7) is 8.57. The van der Waals surface area contributed by atoms with Crippen molar-refractivity contribution in [1.82, 2.24) is 19.2 Å². The Kier molecular flexibility index (Phi) is 4.25. The van der Waals surface area contributed by atoms with Gasteiger partial charge in [0.25, 0.3) is 0 Å². The topological polar surface area (TPSA) is 43.1 Å². The van der Waals surface area contributed by atoms with Gasteiger partial charge in [-0.2, -0.15) is 5.10 Å².